The molecule has 0 fully saturated rings. The van der Waals surface area contributed by atoms with Crippen LogP contribution in [0.25, 0.3) is 0 Å². The van der Waals surface area contributed by atoms with Crippen molar-refractivity contribution >= 4 is 5.78 Å². The third-order valence-corrected chi connectivity index (χ3v) is 2.83. The lowest BCUT2D eigenvalue weighted by atomic mass is 10.1. The summed E-state index contributed by atoms with van der Waals surface area (Å²) >= 11 is 0. The van der Waals surface area contributed by atoms with E-state index in [1.165, 1.54) is 0 Å². The van der Waals surface area contributed by atoms with Crippen molar-refractivity contribution in [3.05, 3.63) is 59.7 Å². The van der Waals surface area contributed by atoms with Gasteiger partial charge in [0.2, 0.25) is 0 Å². The van der Waals surface area contributed by atoms with E-state index in [1.807, 2.05) is 50.2 Å². The van der Waals surface area contributed by atoms with Crippen LogP contribution in [0.15, 0.2) is 48.5 Å². The third-order valence-electron chi connectivity index (χ3n) is 2.83. The highest BCUT2D eigenvalue weighted by molar-refractivity contribution is 5.97. The van der Waals surface area contributed by atoms with Gasteiger partial charge in [-0.3, -0.25) is 4.79 Å². The van der Waals surface area contributed by atoms with Crippen molar-refractivity contribution in [1.29, 1.82) is 0 Å². The monoisotopic (exact) mass is 270 g/mol. The van der Waals surface area contributed by atoms with E-state index >= 15 is 0 Å². The average molecular weight is 270 g/mol. The van der Waals surface area contributed by atoms with Gasteiger partial charge in [-0.1, -0.05) is 29.8 Å². The van der Waals surface area contributed by atoms with Crippen LogP contribution in [0.3, 0.4) is 0 Å². The van der Waals surface area contributed by atoms with Gasteiger partial charge in [-0.25, -0.2) is 0 Å². The number of ketones is 1. The summed E-state index contributed by atoms with van der Waals surface area (Å²) in [6, 6.07) is 14.8. The van der Waals surface area contributed by atoms with Gasteiger partial charge in [0.1, 0.15) is 11.5 Å². The Balaban J connectivity index is 1.98. The highest BCUT2D eigenvalue weighted by Crippen LogP contribution is 2.19. The molecule has 3 nitrogen and oxygen atoms in total. The number of aryl methyl sites for hydroxylation is 1. The molecule has 3 heteroatoms. The van der Waals surface area contributed by atoms with E-state index in [2.05, 4.69) is 0 Å². The maximum absolute atomic E-state index is 12.0. The van der Waals surface area contributed by atoms with Crippen LogP contribution in [-0.2, 0) is 0 Å². The summed E-state index contributed by atoms with van der Waals surface area (Å²) in [6.07, 6.45) is 0. The molecule has 2 aromatic carbocycles. The Morgan fingerprint density at radius 1 is 1.00 bits per heavy atom. The van der Waals surface area contributed by atoms with E-state index in [0.717, 1.165) is 11.3 Å². The fourth-order valence-electron chi connectivity index (χ4n) is 1.87. The number of ether oxygens (including phenoxy) is 2. The van der Waals surface area contributed by atoms with Crippen molar-refractivity contribution in [1.82, 2.24) is 0 Å². The van der Waals surface area contributed by atoms with Gasteiger partial charge in [0.25, 0.3) is 0 Å². The molecular formula is C17H18O3. The molecule has 0 N–H and O–H groups in total. The lowest BCUT2D eigenvalue weighted by Gasteiger charge is -2.08. The van der Waals surface area contributed by atoms with Crippen molar-refractivity contribution in [2.75, 3.05) is 13.2 Å². The maximum Gasteiger partial charge on any atom is 0.200 e. The van der Waals surface area contributed by atoms with Gasteiger partial charge >= 0.3 is 0 Å². The van der Waals surface area contributed by atoms with Crippen molar-refractivity contribution in [2.24, 2.45) is 0 Å². The molecule has 0 aromatic heterocycles. The van der Waals surface area contributed by atoms with Crippen LogP contribution in [0, 0.1) is 6.92 Å². The number of carbonyl (C=O) groups excluding carboxylic acids is 1. The van der Waals surface area contributed by atoms with E-state index in [9.17, 15) is 4.79 Å². The fourth-order valence-corrected chi connectivity index (χ4v) is 1.87. The predicted molar refractivity (Wildman–Crippen MR) is 78.6 cm³/mol. The zero-order valence-electron chi connectivity index (χ0n) is 11.8. The minimum absolute atomic E-state index is 0.0268. The number of hydrogen-bond acceptors (Lipinski definition) is 3. The standard InChI is InChI=1S/C17H18O3/c1-3-19-15-8-5-9-16(11-15)20-12-17(18)14-7-4-6-13(2)10-14/h4-11H,3,12H2,1-2H3. The summed E-state index contributed by atoms with van der Waals surface area (Å²) in [6.45, 7) is 4.52. The number of hydrogen-bond donors (Lipinski definition) is 0. The molecule has 0 amide bonds. The molecule has 0 saturated heterocycles. The van der Waals surface area contributed by atoms with Crippen molar-refractivity contribution in [3.63, 3.8) is 0 Å². The Hall–Kier alpha value is -2.29. The summed E-state index contributed by atoms with van der Waals surface area (Å²) in [5.74, 6) is 1.35. The van der Waals surface area contributed by atoms with Gasteiger partial charge in [0.15, 0.2) is 12.4 Å². The van der Waals surface area contributed by atoms with Gasteiger partial charge < -0.3 is 9.47 Å². The molecular weight excluding hydrogens is 252 g/mol. The zero-order valence-corrected chi connectivity index (χ0v) is 11.8. The molecule has 0 aliphatic heterocycles. The van der Waals surface area contributed by atoms with Gasteiger partial charge in [-0.15, -0.1) is 0 Å². The first-order valence-electron chi connectivity index (χ1n) is 6.64. The van der Waals surface area contributed by atoms with E-state index in [-0.39, 0.29) is 12.4 Å². The van der Waals surface area contributed by atoms with Crippen molar-refractivity contribution < 1.29 is 14.3 Å². The lowest BCUT2D eigenvalue weighted by molar-refractivity contribution is 0.0921. The van der Waals surface area contributed by atoms with Crippen LogP contribution in [0.2, 0.25) is 0 Å². The predicted octanol–water partition coefficient (Wildman–Crippen LogP) is 3.66. The largest absolute Gasteiger partial charge is 0.494 e. The van der Waals surface area contributed by atoms with E-state index in [1.54, 1.807) is 12.1 Å². The molecule has 0 radical (unpaired) electrons. The van der Waals surface area contributed by atoms with E-state index in [4.69, 9.17) is 9.47 Å². The molecule has 0 aliphatic carbocycles. The highest BCUT2D eigenvalue weighted by atomic mass is 16.5. The minimum Gasteiger partial charge on any atom is -0.494 e. The molecule has 2 rings (SSSR count). The summed E-state index contributed by atoms with van der Waals surface area (Å²) in [4.78, 5) is 12.0. The molecule has 0 atom stereocenters. The van der Waals surface area contributed by atoms with Crippen LogP contribution in [-0.4, -0.2) is 19.0 Å². The second-order valence-corrected chi connectivity index (χ2v) is 4.49. The molecule has 104 valence electrons. The summed E-state index contributed by atoms with van der Waals surface area (Å²) in [5, 5.41) is 0. The highest BCUT2D eigenvalue weighted by Gasteiger charge is 2.07. The molecule has 0 unspecified atom stereocenters. The summed E-state index contributed by atoms with van der Waals surface area (Å²) in [5.41, 5.74) is 1.74. The molecule has 0 aliphatic rings. The summed E-state index contributed by atoms with van der Waals surface area (Å²) in [7, 11) is 0. The average Bonchev–Trinajstić information content (AvgIpc) is 2.45. The van der Waals surface area contributed by atoms with Crippen LogP contribution in [0.5, 0.6) is 11.5 Å². The Labute approximate surface area is 119 Å². The van der Waals surface area contributed by atoms with Gasteiger partial charge in [-0.2, -0.15) is 0 Å². The van der Waals surface area contributed by atoms with Crippen molar-refractivity contribution in [2.45, 2.75) is 13.8 Å². The smallest absolute Gasteiger partial charge is 0.200 e. The second kappa shape index (κ2) is 6.75. The van der Waals surface area contributed by atoms with Gasteiger partial charge in [-0.05, 0) is 32.0 Å². The first-order valence-corrected chi connectivity index (χ1v) is 6.64. The Morgan fingerprint density at radius 3 is 2.40 bits per heavy atom. The van der Waals surface area contributed by atoms with Crippen LogP contribution in [0.4, 0.5) is 0 Å². The molecule has 0 spiro atoms. The molecule has 2 aromatic rings. The fraction of sp³-hybridized carbons (Fsp3) is 0.235. The second-order valence-electron chi connectivity index (χ2n) is 4.49. The van der Waals surface area contributed by atoms with Crippen LogP contribution < -0.4 is 9.47 Å². The molecule has 0 saturated carbocycles. The SMILES string of the molecule is CCOc1cccc(OCC(=O)c2cccc(C)c2)c1. The van der Waals surface area contributed by atoms with Gasteiger partial charge in [0, 0.05) is 11.6 Å². The quantitative estimate of drug-likeness (QED) is 0.751. The van der Waals surface area contributed by atoms with E-state index < -0.39 is 0 Å². The molecule has 0 bridgehead atoms. The number of carbonyl (C=O) groups is 1. The first-order chi connectivity index (χ1) is 9.69. The van der Waals surface area contributed by atoms with Gasteiger partial charge in [0.05, 0.1) is 6.61 Å². The lowest BCUT2D eigenvalue weighted by Crippen LogP contribution is -2.11. The Bertz CT molecular complexity index is 590. The normalized spacial score (nSPS) is 10.1. The molecule has 20 heavy (non-hydrogen) atoms. The van der Waals surface area contributed by atoms with Crippen LogP contribution in [0.1, 0.15) is 22.8 Å². The van der Waals surface area contributed by atoms with Crippen molar-refractivity contribution in [3.8, 4) is 11.5 Å². The minimum atomic E-state index is -0.0319. The summed E-state index contributed by atoms with van der Waals surface area (Å²) < 4.78 is 10.9. The Kier molecular flexibility index (Phi) is 4.77. The number of rotatable bonds is 6. The van der Waals surface area contributed by atoms with E-state index in [0.29, 0.717) is 17.9 Å². The Morgan fingerprint density at radius 2 is 1.70 bits per heavy atom. The molecule has 0 heterocycles. The van der Waals surface area contributed by atoms with Crippen LogP contribution >= 0.6 is 0 Å². The number of Topliss-reactive ketones (excluding diaryl/α,β-unsaturated/α-hetero) is 1. The maximum atomic E-state index is 12.0. The topological polar surface area (TPSA) is 35.5 Å². The number of benzene rings is 2. The first kappa shape index (κ1) is 14.1. The third kappa shape index (κ3) is 3.85. The zero-order chi connectivity index (χ0) is 14.4.